The van der Waals surface area contributed by atoms with Gasteiger partial charge in [0.15, 0.2) is 5.11 Å². The normalized spacial score (nSPS) is 17.5. The van der Waals surface area contributed by atoms with Crippen LogP contribution in [0.3, 0.4) is 0 Å². The molecule has 0 saturated carbocycles. The molecule has 2 aromatic heterocycles. The van der Waals surface area contributed by atoms with Crippen molar-refractivity contribution < 1.29 is 13.9 Å². The van der Waals surface area contributed by atoms with Crippen molar-refractivity contribution >= 4 is 34.6 Å². The Morgan fingerprint density at radius 1 is 1.00 bits per heavy atom. The van der Waals surface area contributed by atoms with Crippen LogP contribution in [0.4, 0.5) is 5.69 Å². The van der Waals surface area contributed by atoms with Crippen LogP contribution in [0.1, 0.15) is 23.5 Å². The van der Waals surface area contributed by atoms with Crippen molar-refractivity contribution in [1.82, 2.24) is 10.3 Å². The van der Waals surface area contributed by atoms with Gasteiger partial charge in [-0.15, -0.1) is 0 Å². The molecule has 1 aliphatic rings. The average Bonchev–Trinajstić information content (AvgIpc) is 3.49. The quantitative estimate of drug-likeness (QED) is 0.323. The van der Waals surface area contributed by atoms with E-state index in [0.29, 0.717) is 21.6 Å². The van der Waals surface area contributed by atoms with Crippen LogP contribution < -0.4 is 19.7 Å². The molecule has 34 heavy (non-hydrogen) atoms. The lowest BCUT2D eigenvalue weighted by atomic mass is 10.0. The molecule has 0 bridgehead atoms. The van der Waals surface area contributed by atoms with Crippen LogP contribution in [0, 0.1) is 0 Å². The molecule has 0 radical (unpaired) electrons. The number of furan rings is 1. The lowest BCUT2D eigenvalue weighted by Gasteiger charge is -2.27. The van der Waals surface area contributed by atoms with Crippen molar-refractivity contribution in [3.8, 4) is 22.8 Å². The summed E-state index contributed by atoms with van der Waals surface area (Å²) in [5.74, 6) is 2.83. The van der Waals surface area contributed by atoms with E-state index in [-0.39, 0.29) is 12.1 Å². The summed E-state index contributed by atoms with van der Waals surface area (Å²) in [4.78, 5) is 6.59. The smallest absolute Gasteiger partial charge is 0.174 e. The fourth-order valence-corrected chi connectivity index (χ4v) is 4.63. The van der Waals surface area contributed by atoms with Gasteiger partial charge in [0.05, 0.1) is 31.6 Å². The molecule has 1 aliphatic heterocycles. The van der Waals surface area contributed by atoms with Gasteiger partial charge in [-0.2, -0.15) is 0 Å². The summed E-state index contributed by atoms with van der Waals surface area (Å²) in [6.45, 7) is 0. The maximum atomic E-state index is 6.39. The molecule has 1 fully saturated rings. The minimum Gasteiger partial charge on any atom is -0.497 e. The summed E-state index contributed by atoms with van der Waals surface area (Å²) in [6, 6.07) is 22.4. The molecule has 172 valence electrons. The van der Waals surface area contributed by atoms with E-state index >= 15 is 0 Å². The third-order valence-corrected chi connectivity index (χ3v) is 6.36. The lowest BCUT2D eigenvalue weighted by molar-refractivity contribution is 0.400. The molecule has 0 unspecified atom stereocenters. The van der Waals surface area contributed by atoms with Crippen LogP contribution in [0.2, 0.25) is 5.02 Å². The number of pyridine rings is 1. The first-order valence-electron chi connectivity index (χ1n) is 10.7. The summed E-state index contributed by atoms with van der Waals surface area (Å²) in [7, 11) is 3.26. The second kappa shape index (κ2) is 9.37. The third-order valence-electron chi connectivity index (χ3n) is 5.79. The molecule has 5 rings (SSSR count). The highest BCUT2D eigenvalue weighted by atomic mass is 35.5. The van der Waals surface area contributed by atoms with Crippen LogP contribution in [0.25, 0.3) is 11.3 Å². The van der Waals surface area contributed by atoms with Gasteiger partial charge in [0.1, 0.15) is 29.1 Å². The molecule has 1 N–H and O–H groups in total. The Morgan fingerprint density at radius 2 is 1.82 bits per heavy atom. The number of rotatable bonds is 6. The van der Waals surface area contributed by atoms with Gasteiger partial charge in [-0.05, 0) is 72.9 Å². The first-order valence-corrected chi connectivity index (χ1v) is 11.5. The Labute approximate surface area is 208 Å². The fraction of sp³-hybridized carbons (Fsp3) is 0.154. The molecule has 0 amide bonds. The van der Waals surface area contributed by atoms with Gasteiger partial charge >= 0.3 is 0 Å². The van der Waals surface area contributed by atoms with Gasteiger partial charge in [-0.3, -0.25) is 4.98 Å². The van der Waals surface area contributed by atoms with Crippen molar-refractivity contribution in [3.63, 3.8) is 0 Å². The SMILES string of the molecule is COc1ccc(OC)c(N2C(=S)N[C@@H](c3ccccn3)[C@H]2c2ccc(-c3ccc(Cl)cc3)o2)c1. The zero-order valence-electron chi connectivity index (χ0n) is 18.6. The highest BCUT2D eigenvalue weighted by Gasteiger charge is 2.43. The minimum absolute atomic E-state index is 0.242. The number of hydrogen-bond donors (Lipinski definition) is 1. The summed E-state index contributed by atoms with van der Waals surface area (Å²) in [5, 5.41) is 4.65. The van der Waals surface area contributed by atoms with Crippen molar-refractivity contribution in [2.75, 3.05) is 19.1 Å². The third kappa shape index (κ3) is 4.08. The van der Waals surface area contributed by atoms with Crippen LogP contribution in [-0.4, -0.2) is 24.3 Å². The first-order chi connectivity index (χ1) is 16.6. The second-order valence-electron chi connectivity index (χ2n) is 7.74. The Hall–Kier alpha value is -3.55. The largest absolute Gasteiger partial charge is 0.497 e. The molecule has 3 heterocycles. The van der Waals surface area contributed by atoms with E-state index in [0.717, 1.165) is 28.5 Å². The number of nitrogens with one attached hydrogen (secondary N) is 1. The van der Waals surface area contributed by atoms with Gasteiger partial charge in [-0.1, -0.05) is 17.7 Å². The molecule has 0 spiro atoms. The molecular weight excluding hydrogens is 470 g/mol. The van der Waals surface area contributed by atoms with E-state index in [1.54, 1.807) is 20.4 Å². The molecule has 2 atom stereocenters. The summed E-state index contributed by atoms with van der Waals surface area (Å²) in [6.07, 6.45) is 1.77. The molecule has 2 aromatic carbocycles. The van der Waals surface area contributed by atoms with E-state index in [2.05, 4.69) is 10.3 Å². The van der Waals surface area contributed by atoms with Crippen LogP contribution >= 0.6 is 23.8 Å². The zero-order chi connectivity index (χ0) is 23.7. The van der Waals surface area contributed by atoms with Crippen molar-refractivity contribution in [3.05, 3.63) is 95.5 Å². The number of hydrogen-bond acceptors (Lipinski definition) is 5. The average molecular weight is 492 g/mol. The summed E-state index contributed by atoms with van der Waals surface area (Å²) < 4.78 is 17.5. The standard InChI is InChI=1S/C26H22ClN3O3S/c1-31-18-10-11-22(32-2)20(15-18)30-25(24(29-26(30)34)19-5-3-4-14-28-19)23-13-12-21(33-23)16-6-8-17(27)9-7-16/h3-15,24-25H,1-2H3,(H,29,34)/t24-,25+/m0/s1. The van der Waals surface area contributed by atoms with Crippen LogP contribution in [0.15, 0.2) is 83.4 Å². The van der Waals surface area contributed by atoms with Gasteiger partial charge in [0.2, 0.25) is 0 Å². The van der Waals surface area contributed by atoms with E-state index in [4.69, 9.17) is 37.7 Å². The predicted molar refractivity (Wildman–Crippen MR) is 137 cm³/mol. The minimum atomic E-state index is -0.315. The molecule has 8 heteroatoms. The number of thiocarbonyl (C=S) groups is 1. The summed E-state index contributed by atoms with van der Waals surface area (Å²) in [5.41, 5.74) is 2.56. The number of ether oxygens (including phenoxy) is 2. The molecule has 4 aromatic rings. The fourth-order valence-electron chi connectivity index (χ4n) is 4.17. The van der Waals surface area contributed by atoms with E-state index in [1.165, 1.54) is 0 Å². The van der Waals surface area contributed by atoms with Crippen molar-refractivity contribution in [1.29, 1.82) is 0 Å². The monoisotopic (exact) mass is 491 g/mol. The van der Waals surface area contributed by atoms with Gasteiger partial charge in [0.25, 0.3) is 0 Å². The Morgan fingerprint density at radius 3 is 2.53 bits per heavy atom. The highest BCUT2D eigenvalue weighted by Crippen LogP contribution is 2.46. The van der Waals surface area contributed by atoms with Crippen molar-refractivity contribution in [2.45, 2.75) is 12.1 Å². The summed E-state index contributed by atoms with van der Waals surface area (Å²) >= 11 is 11.9. The zero-order valence-corrected chi connectivity index (χ0v) is 20.1. The number of aromatic nitrogens is 1. The van der Waals surface area contributed by atoms with Crippen LogP contribution in [0.5, 0.6) is 11.5 Å². The Bertz CT molecular complexity index is 1310. The first kappa shape index (κ1) is 22.3. The maximum Gasteiger partial charge on any atom is 0.174 e. The van der Waals surface area contributed by atoms with Crippen molar-refractivity contribution in [2.24, 2.45) is 0 Å². The van der Waals surface area contributed by atoms with E-state index in [1.807, 2.05) is 77.7 Å². The highest BCUT2D eigenvalue weighted by molar-refractivity contribution is 7.80. The number of anilines is 1. The predicted octanol–water partition coefficient (Wildman–Crippen LogP) is 6.19. The second-order valence-corrected chi connectivity index (χ2v) is 8.57. The Kier molecular flexibility index (Phi) is 6.13. The number of benzene rings is 2. The number of halogens is 1. The topological polar surface area (TPSA) is 59.8 Å². The van der Waals surface area contributed by atoms with E-state index < -0.39 is 0 Å². The lowest BCUT2D eigenvalue weighted by Crippen LogP contribution is -2.29. The van der Waals surface area contributed by atoms with Gasteiger partial charge in [0, 0.05) is 22.8 Å². The maximum absolute atomic E-state index is 6.39. The van der Waals surface area contributed by atoms with Gasteiger partial charge < -0.3 is 24.1 Å². The molecule has 0 aliphatic carbocycles. The number of nitrogens with zero attached hydrogens (tertiary/aromatic N) is 2. The van der Waals surface area contributed by atoms with Gasteiger partial charge in [-0.25, -0.2) is 0 Å². The van der Waals surface area contributed by atoms with Crippen LogP contribution in [-0.2, 0) is 0 Å². The molecular formula is C26H22ClN3O3S. The number of methoxy groups -OCH3 is 2. The molecule has 1 saturated heterocycles. The Balaban J connectivity index is 1.63. The molecule has 6 nitrogen and oxygen atoms in total. The van der Waals surface area contributed by atoms with E-state index in [9.17, 15) is 0 Å².